The van der Waals surface area contributed by atoms with Crippen LogP contribution in [0.3, 0.4) is 0 Å². The summed E-state index contributed by atoms with van der Waals surface area (Å²) in [5.74, 6) is 0. The van der Waals surface area contributed by atoms with Crippen LogP contribution in [0.25, 0.3) is 5.65 Å². The monoisotopic (exact) mass is 336 g/mol. The molecule has 1 saturated heterocycles. The molecule has 0 radical (unpaired) electrons. The highest BCUT2D eigenvalue weighted by Crippen LogP contribution is 2.20. The molecule has 1 aliphatic rings. The van der Waals surface area contributed by atoms with Gasteiger partial charge in [0.1, 0.15) is 5.65 Å². The molecule has 2 aromatic rings. The first-order valence-electron chi connectivity index (χ1n) is 7.75. The molecule has 3 rings (SSSR count). The molecule has 0 aromatic carbocycles. The Morgan fingerprint density at radius 1 is 1.48 bits per heavy atom. The fraction of sp³-hybridized carbons (Fsp3) is 0.500. The number of methoxy groups -OCH3 is 1. The number of fused-ring (bicyclic) bond motifs is 1. The van der Waals surface area contributed by atoms with Gasteiger partial charge in [-0.3, -0.25) is 14.1 Å². The summed E-state index contributed by atoms with van der Waals surface area (Å²) in [6.07, 6.45) is 3.73. The van der Waals surface area contributed by atoms with E-state index in [0.29, 0.717) is 23.8 Å². The highest BCUT2D eigenvalue weighted by molar-refractivity contribution is 6.30. The standard InChI is InChI=1S/C16H21ClN4O2/c1-23-14-4-5-20(13(7-14)8-18)10-12-6-16(22)21-9-11(17)2-3-15(21)19-12/h2-3,6,9,13-14H,4-5,7-8,10,18H2,1H3. The van der Waals surface area contributed by atoms with Crippen LogP contribution in [0.4, 0.5) is 0 Å². The Bertz CT molecular complexity index is 748. The Morgan fingerprint density at radius 2 is 2.30 bits per heavy atom. The van der Waals surface area contributed by atoms with E-state index < -0.39 is 0 Å². The fourth-order valence-electron chi connectivity index (χ4n) is 3.15. The van der Waals surface area contributed by atoms with Crippen LogP contribution >= 0.6 is 11.6 Å². The minimum Gasteiger partial charge on any atom is -0.381 e. The maximum absolute atomic E-state index is 12.2. The van der Waals surface area contributed by atoms with Crippen molar-refractivity contribution < 1.29 is 4.74 Å². The third kappa shape index (κ3) is 3.55. The van der Waals surface area contributed by atoms with Crippen molar-refractivity contribution in [1.82, 2.24) is 14.3 Å². The molecule has 2 aromatic heterocycles. The second kappa shape index (κ2) is 6.97. The van der Waals surface area contributed by atoms with Crippen molar-refractivity contribution in [1.29, 1.82) is 0 Å². The lowest BCUT2D eigenvalue weighted by Crippen LogP contribution is -2.48. The first-order chi connectivity index (χ1) is 11.1. The summed E-state index contributed by atoms with van der Waals surface area (Å²) < 4.78 is 6.91. The smallest absolute Gasteiger partial charge is 0.258 e. The molecule has 7 heteroatoms. The van der Waals surface area contributed by atoms with E-state index >= 15 is 0 Å². The van der Waals surface area contributed by atoms with Gasteiger partial charge in [-0.2, -0.15) is 0 Å². The Morgan fingerprint density at radius 3 is 3.04 bits per heavy atom. The molecule has 0 amide bonds. The van der Waals surface area contributed by atoms with E-state index in [4.69, 9.17) is 22.1 Å². The number of rotatable bonds is 4. The summed E-state index contributed by atoms with van der Waals surface area (Å²) in [7, 11) is 1.74. The number of likely N-dealkylation sites (tertiary alicyclic amines) is 1. The molecule has 3 heterocycles. The molecule has 124 valence electrons. The van der Waals surface area contributed by atoms with Crippen molar-refractivity contribution in [2.45, 2.75) is 31.5 Å². The molecule has 0 aliphatic carbocycles. The zero-order valence-electron chi connectivity index (χ0n) is 13.1. The fourth-order valence-corrected chi connectivity index (χ4v) is 3.31. The average Bonchev–Trinajstić information content (AvgIpc) is 2.56. The lowest BCUT2D eigenvalue weighted by Gasteiger charge is -2.38. The first-order valence-corrected chi connectivity index (χ1v) is 8.13. The third-order valence-electron chi connectivity index (χ3n) is 4.44. The highest BCUT2D eigenvalue weighted by atomic mass is 35.5. The predicted octanol–water partition coefficient (Wildman–Crippen LogP) is 1.29. The number of nitrogens with two attached hydrogens (primary N) is 1. The number of pyridine rings is 1. The molecular weight excluding hydrogens is 316 g/mol. The predicted molar refractivity (Wildman–Crippen MR) is 89.8 cm³/mol. The van der Waals surface area contributed by atoms with Crippen LogP contribution in [-0.2, 0) is 11.3 Å². The van der Waals surface area contributed by atoms with Gasteiger partial charge in [0, 0.05) is 45.0 Å². The lowest BCUT2D eigenvalue weighted by atomic mass is 9.99. The molecule has 1 aliphatic heterocycles. The second-order valence-corrected chi connectivity index (χ2v) is 6.34. The van der Waals surface area contributed by atoms with Gasteiger partial charge in [-0.25, -0.2) is 4.98 Å². The van der Waals surface area contributed by atoms with Gasteiger partial charge in [0.15, 0.2) is 0 Å². The number of nitrogens with zero attached hydrogens (tertiary/aromatic N) is 3. The van der Waals surface area contributed by atoms with Crippen molar-refractivity contribution >= 4 is 17.2 Å². The maximum atomic E-state index is 12.2. The molecule has 2 atom stereocenters. The number of piperidine rings is 1. The van der Waals surface area contributed by atoms with Crippen LogP contribution < -0.4 is 11.3 Å². The van der Waals surface area contributed by atoms with Crippen LogP contribution in [0, 0.1) is 0 Å². The van der Waals surface area contributed by atoms with Crippen molar-refractivity contribution in [3.05, 3.63) is 45.5 Å². The molecule has 0 spiro atoms. The summed E-state index contributed by atoms with van der Waals surface area (Å²) >= 11 is 5.93. The SMILES string of the molecule is COC1CCN(Cc2cc(=O)n3cc(Cl)ccc3n2)C(CN)C1. The lowest BCUT2D eigenvalue weighted by molar-refractivity contribution is 0.00978. The van der Waals surface area contributed by atoms with Crippen LogP contribution in [0.15, 0.2) is 29.2 Å². The average molecular weight is 337 g/mol. The zero-order valence-corrected chi connectivity index (χ0v) is 13.9. The van der Waals surface area contributed by atoms with E-state index in [1.54, 1.807) is 31.5 Å². The molecule has 1 fully saturated rings. The topological polar surface area (TPSA) is 72.9 Å². The van der Waals surface area contributed by atoms with Crippen molar-refractivity contribution in [3.8, 4) is 0 Å². The normalized spacial score (nSPS) is 22.6. The molecule has 2 N–H and O–H groups in total. The van der Waals surface area contributed by atoms with E-state index in [9.17, 15) is 4.79 Å². The van der Waals surface area contributed by atoms with E-state index in [-0.39, 0.29) is 17.7 Å². The summed E-state index contributed by atoms with van der Waals surface area (Å²) in [5.41, 5.74) is 7.14. The largest absolute Gasteiger partial charge is 0.381 e. The molecule has 2 unspecified atom stereocenters. The number of halogens is 1. The van der Waals surface area contributed by atoms with Gasteiger partial charge in [-0.05, 0) is 25.0 Å². The van der Waals surface area contributed by atoms with Crippen LogP contribution in [0.2, 0.25) is 5.02 Å². The van der Waals surface area contributed by atoms with Crippen molar-refractivity contribution in [2.75, 3.05) is 20.2 Å². The van der Waals surface area contributed by atoms with Gasteiger partial charge in [-0.1, -0.05) is 11.6 Å². The number of ether oxygens (including phenoxy) is 1. The van der Waals surface area contributed by atoms with Gasteiger partial charge >= 0.3 is 0 Å². The van der Waals surface area contributed by atoms with Crippen molar-refractivity contribution in [2.24, 2.45) is 5.73 Å². The first kappa shape index (κ1) is 16.4. The Balaban J connectivity index is 1.84. The third-order valence-corrected chi connectivity index (χ3v) is 4.66. The Labute approximate surface area is 139 Å². The molecule has 0 saturated carbocycles. The van der Waals surface area contributed by atoms with Crippen molar-refractivity contribution in [3.63, 3.8) is 0 Å². The van der Waals surface area contributed by atoms with Crippen LogP contribution in [0.1, 0.15) is 18.5 Å². The van der Waals surface area contributed by atoms with Gasteiger partial charge < -0.3 is 10.5 Å². The van der Waals surface area contributed by atoms with Crippen LogP contribution in [0.5, 0.6) is 0 Å². The number of hydrogen-bond donors (Lipinski definition) is 1. The zero-order chi connectivity index (χ0) is 16.4. The number of aromatic nitrogens is 2. The summed E-state index contributed by atoms with van der Waals surface area (Å²) in [6, 6.07) is 5.31. The Hall–Kier alpha value is -1.47. The molecular formula is C16H21ClN4O2. The minimum atomic E-state index is -0.122. The van der Waals surface area contributed by atoms with E-state index in [1.807, 2.05) is 0 Å². The molecule has 23 heavy (non-hydrogen) atoms. The van der Waals surface area contributed by atoms with E-state index in [2.05, 4.69) is 9.88 Å². The molecule has 6 nitrogen and oxygen atoms in total. The maximum Gasteiger partial charge on any atom is 0.258 e. The second-order valence-electron chi connectivity index (χ2n) is 5.90. The van der Waals surface area contributed by atoms with E-state index in [0.717, 1.165) is 25.1 Å². The van der Waals surface area contributed by atoms with Gasteiger partial charge in [0.25, 0.3) is 5.56 Å². The molecule has 0 bridgehead atoms. The summed E-state index contributed by atoms with van der Waals surface area (Å²) in [5, 5.41) is 0.513. The quantitative estimate of drug-likeness (QED) is 0.910. The Kier molecular flexibility index (Phi) is 4.96. The van der Waals surface area contributed by atoms with Gasteiger partial charge in [0.2, 0.25) is 0 Å². The van der Waals surface area contributed by atoms with Gasteiger partial charge in [0.05, 0.1) is 16.8 Å². The van der Waals surface area contributed by atoms with Gasteiger partial charge in [-0.15, -0.1) is 0 Å². The summed E-state index contributed by atoms with van der Waals surface area (Å²) in [4.78, 5) is 19.1. The minimum absolute atomic E-state index is 0.122. The van der Waals surface area contributed by atoms with E-state index in [1.165, 1.54) is 4.40 Å². The highest BCUT2D eigenvalue weighted by Gasteiger charge is 2.27. The van der Waals surface area contributed by atoms with Crippen LogP contribution in [-0.4, -0.2) is 46.6 Å². The number of hydrogen-bond acceptors (Lipinski definition) is 5. The summed E-state index contributed by atoms with van der Waals surface area (Å²) in [6.45, 7) is 2.08.